The Kier molecular flexibility index (Phi) is 3.19. The zero-order valence-corrected chi connectivity index (χ0v) is 9.15. The molecule has 1 heterocycles. The van der Waals surface area contributed by atoms with Gasteiger partial charge < -0.3 is 0 Å². The first kappa shape index (κ1) is 11.4. The van der Waals surface area contributed by atoms with Crippen LogP contribution in [0.2, 0.25) is 0 Å². The number of hydrogen-bond acceptors (Lipinski definition) is 3. The molecule has 0 atom stereocenters. The minimum Gasteiger partial charge on any atom is -0.272 e. The van der Waals surface area contributed by atoms with Gasteiger partial charge in [-0.05, 0) is 20.8 Å². The molecule has 0 N–H and O–H groups in total. The van der Waals surface area contributed by atoms with Crippen LogP contribution in [0.5, 0.6) is 0 Å². The highest BCUT2D eigenvalue weighted by Crippen LogP contribution is 2.21. The second kappa shape index (κ2) is 4.21. The topological polar surface area (TPSA) is 49.7 Å². The Bertz CT molecular complexity index is 378. The second-order valence-electron chi connectivity index (χ2n) is 3.57. The maximum Gasteiger partial charge on any atom is 0.263 e. The number of imide groups is 1. The molecular formula is C11H14N2O2. The molecule has 0 saturated heterocycles. The molecule has 0 aromatic heterocycles. The maximum absolute atomic E-state index is 11.8. The highest BCUT2D eigenvalue weighted by atomic mass is 16.2. The first-order chi connectivity index (χ1) is 7.00. The number of hydrogen-bond donors (Lipinski definition) is 0. The van der Waals surface area contributed by atoms with Crippen LogP contribution in [0.3, 0.4) is 0 Å². The smallest absolute Gasteiger partial charge is 0.263 e. The summed E-state index contributed by atoms with van der Waals surface area (Å²) in [6.07, 6.45) is 2.71. The van der Waals surface area contributed by atoms with Gasteiger partial charge in [-0.2, -0.15) is 0 Å². The van der Waals surface area contributed by atoms with E-state index in [9.17, 15) is 9.59 Å². The van der Waals surface area contributed by atoms with Crippen molar-refractivity contribution in [2.45, 2.75) is 26.8 Å². The van der Waals surface area contributed by atoms with Crippen LogP contribution in [0.25, 0.3) is 0 Å². The molecule has 0 bridgehead atoms. The minimum atomic E-state index is -0.280. The Morgan fingerprint density at radius 2 is 1.93 bits per heavy atom. The van der Waals surface area contributed by atoms with E-state index >= 15 is 0 Å². The van der Waals surface area contributed by atoms with Crippen molar-refractivity contribution in [2.24, 2.45) is 4.99 Å². The summed E-state index contributed by atoms with van der Waals surface area (Å²) in [4.78, 5) is 28.5. The Hall–Kier alpha value is -1.71. The van der Waals surface area contributed by atoms with E-state index < -0.39 is 0 Å². The van der Waals surface area contributed by atoms with Crippen LogP contribution in [0.4, 0.5) is 0 Å². The van der Waals surface area contributed by atoms with Crippen molar-refractivity contribution >= 4 is 18.0 Å². The quantitative estimate of drug-likeness (QED) is 0.516. The van der Waals surface area contributed by atoms with Gasteiger partial charge in [-0.15, -0.1) is 0 Å². The fourth-order valence-corrected chi connectivity index (χ4v) is 1.43. The zero-order chi connectivity index (χ0) is 11.6. The number of rotatable bonds is 3. The first-order valence-corrected chi connectivity index (χ1v) is 4.73. The molecule has 2 amide bonds. The van der Waals surface area contributed by atoms with Crippen molar-refractivity contribution in [1.29, 1.82) is 0 Å². The van der Waals surface area contributed by atoms with Crippen LogP contribution >= 0.6 is 0 Å². The number of nitrogens with zero attached hydrogens (tertiary/aromatic N) is 2. The summed E-state index contributed by atoms with van der Waals surface area (Å²) in [5.41, 5.74) is 0.799. The standard InChI is InChI=1S/C11H14N2O2/c1-5-12-6-9-8(4)10(14)13(7(2)3)11(9)15/h5-7H,1H2,2-4H3. The molecule has 0 aromatic carbocycles. The molecule has 0 aliphatic carbocycles. The third kappa shape index (κ3) is 1.88. The molecule has 4 heteroatoms. The molecule has 0 spiro atoms. The van der Waals surface area contributed by atoms with Crippen LogP contribution < -0.4 is 0 Å². The molecule has 1 aliphatic rings. The molecule has 0 aromatic rings. The molecule has 0 fully saturated rings. The van der Waals surface area contributed by atoms with Gasteiger partial charge in [0.05, 0.1) is 5.57 Å². The fraction of sp³-hybridized carbons (Fsp3) is 0.364. The van der Waals surface area contributed by atoms with Crippen molar-refractivity contribution < 1.29 is 9.59 Å². The lowest BCUT2D eigenvalue weighted by atomic mass is 10.2. The van der Waals surface area contributed by atoms with E-state index in [1.54, 1.807) is 20.8 Å². The van der Waals surface area contributed by atoms with Gasteiger partial charge in [-0.3, -0.25) is 19.5 Å². The third-order valence-electron chi connectivity index (χ3n) is 2.22. The minimum absolute atomic E-state index is 0.130. The summed E-state index contributed by atoms with van der Waals surface area (Å²) in [6, 6.07) is -0.130. The largest absolute Gasteiger partial charge is 0.272 e. The van der Waals surface area contributed by atoms with Gasteiger partial charge in [-0.1, -0.05) is 6.58 Å². The summed E-state index contributed by atoms with van der Waals surface area (Å²) >= 11 is 0. The molecular weight excluding hydrogens is 192 g/mol. The molecule has 15 heavy (non-hydrogen) atoms. The van der Waals surface area contributed by atoms with E-state index in [-0.39, 0.29) is 17.9 Å². The molecule has 80 valence electrons. The van der Waals surface area contributed by atoms with E-state index in [1.807, 2.05) is 0 Å². The summed E-state index contributed by atoms with van der Waals surface area (Å²) in [5, 5.41) is 0. The summed E-state index contributed by atoms with van der Waals surface area (Å²) in [7, 11) is 0. The second-order valence-corrected chi connectivity index (χ2v) is 3.57. The van der Waals surface area contributed by atoms with Crippen molar-refractivity contribution in [2.75, 3.05) is 0 Å². The number of aliphatic imine (C=N–C) groups is 1. The lowest BCUT2D eigenvalue weighted by molar-refractivity contribution is -0.139. The van der Waals surface area contributed by atoms with Crippen molar-refractivity contribution in [1.82, 2.24) is 4.90 Å². The number of amides is 2. The van der Waals surface area contributed by atoms with Crippen LogP contribution in [-0.2, 0) is 9.59 Å². The number of carbonyl (C=O) groups excluding carboxylic acids is 2. The maximum atomic E-state index is 11.8. The normalized spacial score (nSPS) is 17.5. The Labute approximate surface area is 89.0 Å². The summed E-state index contributed by atoms with van der Waals surface area (Å²) in [6.45, 7) is 8.65. The van der Waals surface area contributed by atoms with Crippen LogP contribution in [0, 0.1) is 0 Å². The molecule has 1 aliphatic heterocycles. The highest BCUT2D eigenvalue weighted by Gasteiger charge is 2.36. The molecule has 1 rings (SSSR count). The number of carbonyl (C=O) groups is 2. The van der Waals surface area contributed by atoms with Gasteiger partial charge in [-0.25, -0.2) is 0 Å². The van der Waals surface area contributed by atoms with E-state index in [1.165, 1.54) is 17.3 Å². The molecule has 4 nitrogen and oxygen atoms in total. The van der Waals surface area contributed by atoms with Crippen LogP contribution in [-0.4, -0.2) is 29.0 Å². The summed E-state index contributed by atoms with van der Waals surface area (Å²) < 4.78 is 0. The van der Waals surface area contributed by atoms with Crippen molar-refractivity contribution in [3.8, 4) is 0 Å². The van der Waals surface area contributed by atoms with Gasteiger partial charge in [0, 0.05) is 24.0 Å². The predicted octanol–water partition coefficient (Wildman–Crippen LogP) is 1.29. The molecule has 0 unspecified atom stereocenters. The third-order valence-corrected chi connectivity index (χ3v) is 2.22. The van der Waals surface area contributed by atoms with E-state index in [0.29, 0.717) is 11.1 Å². The monoisotopic (exact) mass is 206 g/mol. The van der Waals surface area contributed by atoms with Gasteiger partial charge >= 0.3 is 0 Å². The zero-order valence-electron chi connectivity index (χ0n) is 9.15. The van der Waals surface area contributed by atoms with Gasteiger partial charge in [0.2, 0.25) is 0 Å². The van der Waals surface area contributed by atoms with Crippen LogP contribution in [0.15, 0.2) is 28.9 Å². The Balaban J connectivity index is 3.08. The first-order valence-electron chi connectivity index (χ1n) is 4.73. The van der Waals surface area contributed by atoms with Gasteiger partial charge in [0.1, 0.15) is 0 Å². The SMILES string of the molecule is C=CN=CC1=C(C)C(=O)N(C(C)C)C1=O. The van der Waals surface area contributed by atoms with Crippen molar-refractivity contribution in [3.63, 3.8) is 0 Å². The fourth-order valence-electron chi connectivity index (χ4n) is 1.43. The van der Waals surface area contributed by atoms with E-state index in [4.69, 9.17) is 0 Å². The predicted molar refractivity (Wildman–Crippen MR) is 58.4 cm³/mol. The molecule has 0 radical (unpaired) electrons. The van der Waals surface area contributed by atoms with Gasteiger partial charge in [0.15, 0.2) is 0 Å². The lowest BCUT2D eigenvalue weighted by Crippen LogP contribution is -2.37. The Morgan fingerprint density at radius 1 is 1.33 bits per heavy atom. The highest BCUT2D eigenvalue weighted by molar-refractivity contribution is 6.28. The Morgan fingerprint density at radius 3 is 2.33 bits per heavy atom. The van der Waals surface area contributed by atoms with E-state index in [2.05, 4.69) is 11.6 Å². The lowest BCUT2D eigenvalue weighted by Gasteiger charge is -2.18. The average Bonchev–Trinajstić information content (AvgIpc) is 2.37. The summed E-state index contributed by atoms with van der Waals surface area (Å²) in [5.74, 6) is -0.515. The molecule has 0 saturated carbocycles. The van der Waals surface area contributed by atoms with Gasteiger partial charge in [0.25, 0.3) is 11.8 Å². The van der Waals surface area contributed by atoms with Crippen molar-refractivity contribution in [3.05, 3.63) is 23.9 Å². The van der Waals surface area contributed by atoms with Crippen LogP contribution in [0.1, 0.15) is 20.8 Å². The average molecular weight is 206 g/mol. The van der Waals surface area contributed by atoms with E-state index in [0.717, 1.165) is 0 Å².